The summed E-state index contributed by atoms with van der Waals surface area (Å²) in [5.74, 6) is -0.681. The van der Waals surface area contributed by atoms with Gasteiger partial charge in [-0.3, -0.25) is 4.79 Å². The van der Waals surface area contributed by atoms with Crippen LogP contribution in [-0.4, -0.2) is 23.3 Å². The summed E-state index contributed by atoms with van der Waals surface area (Å²) in [6.45, 7) is 0. The lowest BCUT2D eigenvalue weighted by atomic mass is 9.69. The van der Waals surface area contributed by atoms with Crippen molar-refractivity contribution in [2.24, 2.45) is 0 Å². The Balaban J connectivity index is 2.56. The van der Waals surface area contributed by atoms with E-state index in [9.17, 15) is 15.0 Å². The average Bonchev–Trinajstić information content (AvgIpc) is 2.39. The number of hydrogen-bond acceptors (Lipinski definition) is 3. The Labute approximate surface area is 117 Å². The number of aliphatic carboxylic acids is 1. The highest BCUT2D eigenvalue weighted by Gasteiger charge is 2.43. The van der Waals surface area contributed by atoms with Crippen LogP contribution in [0.4, 0.5) is 0 Å². The van der Waals surface area contributed by atoms with Gasteiger partial charge in [-0.1, -0.05) is 30.9 Å². The van der Waals surface area contributed by atoms with Gasteiger partial charge in [0.25, 0.3) is 0 Å². The Morgan fingerprint density at radius 1 is 1.32 bits per heavy atom. The molecule has 4 nitrogen and oxygen atoms in total. The van der Waals surface area contributed by atoms with Gasteiger partial charge in [-0.25, -0.2) is 0 Å². The Kier molecular flexibility index (Phi) is 3.90. The normalized spacial score (nSPS) is 18.0. The van der Waals surface area contributed by atoms with E-state index in [2.05, 4.69) is 0 Å². The van der Waals surface area contributed by atoms with Crippen LogP contribution in [0.5, 0.6) is 11.5 Å². The highest BCUT2D eigenvalue weighted by molar-refractivity contribution is 6.32. The fourth-order valence-corrected chi connectivity index (χ4v) is 3.17. The molecule has 0 saturated heterocycles. The molecule has 1 fully saturated rings. The maximum Gasteiger partial charge on any atom is 0.314 e. The zero-order chi connectivity index (χ0) is 14.0. The third-order valence-electron chi connectivity index (χ3n) is 3.90. The van der Waals surface area contributed by atoms with E-state index in [1.54, 1.807) is 6.07 Å². The first-order chi connectivity index (χ1) is 9.01. The Morgan fingerprint density at radius 3 is 2.47 bits per heavy atom. The Bertz CT molecular complexity index is 492. The second-order valence-electron chi connectivity index (χ2n) is 4.95. The van der Waals surface area contributed by atoms with E-state index in [1.165, 1.54) is 13.2 Å². The van der Waals surface area contributed by atoms with Crippen LogP contribution in [0.1, 0.15) is 37.7 Å². The summed E-state index contributed by atoms with van der Waals surface area (Å²) < 4.78 is 5.05. The maximum absolute atomic E-state index is 11.8. The fourth-order valence-electron chi connectivity index (χ4n) is 2.83. The topological polar surface area (TPSA) is 66.8 Å². The maximum atomic E-state index is 11.8. The van der Waals surface area contributed by atoms with Gasteiger partial charge in [0, 0.05) is 11.1 Å². The van der Waals surface area contributed by atoms with Crippen molar-refractivity contribution in [2.45, 2.75) is 37.5 Å². The molecular formula is C14H17ClO4. The summed E-state index contributed by atoms with van der Waals surface area (Å²) in [4.78, 5) is 11.8. The molecule has 1 aliphatic rings. The van der Waals surface area contributed by atoms with Gasteiger partial charge in [0.05, 0.1) is 12.5 Å². The van der Waals surface area contributed by atoms with Crippen LogP contribution in [0.2, 0.25) is 5.02 Å². The molecule has 0 heterocycles. The molecule has 0 unspecified atom stereocenters. The molecule has 0 bridgehead atoms. The molecule has 0 amide bonds. The molecule has 0 radical (unpaired) electrons. The van der Waals surface area contributed by atoms with Crippen LogP contribution < -0.4 is 4.74 Å². The van der Waals surface area contributed by atoms with E-state index in [0.717, 1.165) is 19.3 Å². The second-order valence-corrected chi connectivity index (χ2v) is 5.36. The summed E-state index contributed by atoms with van der Waals surface area (Å²) in [5, 5.41) is 19.6. The van der Waals surface area contributed by atoms with Crippen LogP contribution in [-0.2, 0) is 10.2 Å². The number of benzene rings is 1. The van der Waals surface area contributed by atoms with Crippen molar-refractivity contribution in [3.8, 4) is 11.5 Å². The van der Waals surface area contributed by atoms with Gasteiger partial charge in [0.1, 0.15) is 0 Å². The third-order valence-corrected chi connectivity index (χ3v) is 4.21. The first kappa shape index (κ1) is 14.0. The molecule has 1 aromatic carbocycles. The second kappa shape index (κ2) is 5.29. The minimum Gasteiger partial charge on any atom is -0.504 e. The van der Waals surface area contributed by atoms with E-state index < -0.39 is 11.4 Å². The van der Waals surface area contributed by atoms with Crippen LogP contribution in [0.25, 0.3) is 0 Å². The van der Waals surface area contributed by atoms with Gasteiger partial charge in [-0.2, -0.15) is 0 Å². The lowest BCUT2D eigenvalue weighted by Gasteiger charge is -2.34. The Hall–Kier alpha value is -1.42. The van der Waals surface area contributed by atoms with Crippen molar-refractivity contribution < 1.29 is 19.7 Å². The molecule has 1 aromatic rings. The predicted octanol–water partition coefficient (Wildman–Crippen LogP) is 3.34. The average molecular weight is 285 g/mol. The molecular weight excluding hydrogens is 268 g/mol. The van der Waals surface area contributed by atoms with Gasteiger partial charge in [-0.05, 0) is 24.5 Å². The van der Waals surface area contributed by atoms with Crippen molar-refractivity contribution in [3.63, 3.8) is 0 Å². The summed E-state index contributed by atoms with van der Waals surface area (Å²) in [5.41, 5.74) is -0.424. The van der Waals surface area contributed by atoms with Crippen LogP contribution >= 0.6 is 11.6 Å². The third kappa shape index (κ3) is 2.37. The minimum absolute atomic E-state index is 0.0763. The first-order valence-electron chi connectivity index (χ1n) is 6.31. The molecule has 1 saturated carbocycles. The summed E-state index contributed by atoms with van der Waals surface area (Å²) >= 11 is 6.15. The molecule has 2 N–H and O–H groups in total. The van der Waals surface area contributed by atoms with Gasteiger partial charge in [0.2, 0.25) is 0 Å². The number of carboxylic acid groups (broad SMARTS) is 1. The number of aromatic hydroxyl groups is 1. The number of carboxylic acids is 1. The Morgan fingerprint density at radius 2 is 1.95 bits per heavy atom. The van der Waals surface area contributed by atoms with Crippen molar-refractivity contribution in [3.05, 3.63) is 22.7 Å². The summed E-state index contributed by atoms with van der Waals surface area (Å²) in [6.07, 6.45) is 3.91. The van der Waals surface area contributed by atoms with Crippen LogP contribution in [0.3, 0.4) is 0 Å². The number of hydrogen-bond donors (Lipinski definition) is 2. The number of phenols is 1. The number of methoxy groups -OCH3 is 1. The molecule has 0 spiro atoms. The van der Waals surface area contributed by atoms with Crippen LogP contribution in [0, 0.1) is 0 Å². The van der Waals surface area contributed by atoms with Crippen molar-refractivity contribution in [1.29, 1.82) is 0 Å². The minimum atomic E-state index is -0.962. The standard InChI is InChI=1S/C14H17ClO4/c1-19-12-7-9(10(15)8-11(12)16)14(13(17)18)5-3-2-4-6-14/h7-8,16H,2-6H2,1H3,(H,17,18). The van der Waals surface area contributed by atoms with E-state index in [-0.39, 0.29) is 16.5 Å². The van der Waals surface area contributed by atoms with E-state index in [4.69, 9.17) is 16.3 Å². The zero-order valence-electron chi connectivity index (χ0n) is 10.8. The number of ether oxygens (including phenoxy) is 1. The SMILES string of the molecule is COc1cc(C2(C(=O)O)CCCCC2)c(Cl)cc1O. The van der Waals surface area contributed by atoms with Crippen molar-refractivity contribution in [1.82, 2.24) is 0 Å². The molecule has 2 rings (SSSR count). The summed E-state index contributed by atoms with van der Waals surface area (Å²) in [6, 6.07) is 2.91. The highest BCUT2D eigenvalue weighted by atomic mass is 35.5. The monoisotopic (exact) mass is 284 g/mol. The molecule has 5 heteroatoms. The highest BCUT2D eigenvalue weighted by Crippen LogP contribution is 2.45. The van der Waals surface area contributed by atoms with E-state index >= 15 is 0 Å². The smallest absolute Gasteiger partial charge is 0.314 e. The van der Waals surface area contributed by atoms with E-state index in [1.807, 2.05) is 0 Å². The van der Waals surface area contributed by atoms with E-state index in [0.29, 0.717) is 18.4 Å². The van der Waals surface area contributed by atoms with Gasteiger partial charge in [0.15, 0.2) is 11.5 Å². The largest absolute Gasteiger partial charge is 0.504 e. The van der Waals surface area contributed by atoms with Crippen molar-refractivity contribution in [2.75, 3.05) is 7.11 Å². The fraction of sp³-hybridized carbons (Fsp3) is 0.500. The lowest BCUT2D eigenvalue weighted by Crippen LogP contribution is -2.38. The molecule has 0 aromatic heterocycles. The number of phenolic OH excluding ortho intramolecular Hbond substituents is 1. The number of carbonyl (C=O) groups is 1. The number of halogens is 1. The zero-order valence-corrected chi connectivity index (χ0v) is 11.5. The van der Waals surface area contributed by atoms with Crippen LogP contribution in [0.15, 0.2) is 12.1 Å². The predicted molar refractivity (Wildman–Crippen MR) is 72.1 cm³/mol. The van der Waals surface area contributed by atoms with Gasteiger partial charge < -0.3 is 14.9 Å². The molecule has 19 heavy (non-hydrogen) atoms. The van der Waals surface area contributed by atoms with Crippen molar-refractivity contribution >= 4 is 17.6 Å². The quantitative estimate of drug-likeness (QED) is 0.893. The lowest BCUT2D eigenvalue weighted by molar-refractivity contribution is -0.145. The summed E-state index contributed by atoms with van der Waals surface area (Å²) in [7, 11) is 1.43. The first-order valence-corrected chi connectivity index (χ1v) is 6.69. The van der Waals surface area contributed by atoms with Gasteiger partial charge in [-0.15, -0.1) is 0 Å². The number of rotatable bonds is 3. The molecule has 0 aliphatic heterocycles. The molecule has 1 aliphatic carbocycles. The molecule has 104 valence electrons. The van der Waals surface area contributed by atoms with Gasteiger partial charge >= 0.3 is 5.97 Å². The molecule has 0 atom stereocenters.